The maximum atomic E-state index is 15.4. The van der Waals surface area contributed by atoms with Gasteiger partial charge in [0.15, 0.2) is 0 Å². The molecule has 2 aliphatic rings. The lowest BCUT2D eigenvalue weighted by Crippen LogP contribution is -2.63. The van der Waals surface area contributed by atoms with Gasteiger partial charge in [0.05, 0.1) is 31.8 Å². The van der Waals surface area contributed by atoms with Crippen LogP contribution in [-0.4, -0.2) is 262 Å². The second kappa shape index (κ2) is 54.2. The summed E-state index contributed by atoms with van der Waals surface area (Å²) >= 11 is 0. The van der Waals surface area contributed by atoms with Crippen LogP contribution < -0.4 is 103 Å². The Morgan fingerprint density at radius 3 is 1.33 bits per heavy atom. The fourth-order valence-electron chi connectivity index (χ4n) is 13.4. The molecule has 40 nitrogen and oxygen atoms in total. The second-order valence-electron chi connectivity index (χ2n) is 30.1. The quantitative estimate of drug-likeness (QED) is 0.0151. The third-order valence-electron chi connectivity index (χ3n) is 20.2. The van der Waals surface area contributed by atoms with Gasteiger partial charge in [-0.3, -0.25) is 76.7 Å². The molecule has 0 bridgehead atoms. The maximum Gasteiger partial charge on any atom is 0.300 e. The normalized spacial score (nSPS) is 23.6. The van der Waals surface area contributed by atoms with Gasteiger partial charge in [0, 0.05) is 61.2 Å². The molecule has 3 heterocycles. The summed E-state index contributed by atoms with van der Waals surface area (Å²) in [6, 6.07) is 9.28. The van der Waals surface area contributed by atoms with Crippen molar-refractivity contribution in [3.63, 3.8) is 0 Å². The molecule has 7 rings (SSSR count). The van der Waals surface area contributed by atoms with Crippen LogP contribution in [0.2, 0.25) is 0 Å². The minimum Gasteiger partial charge on any atom is -0.481 e. The van der Waals surface area contributed by atoms with Gasteiger partial charge in [-0.15, -0.1) is 0 Å². The van der Waals surface area contributed by atoms with Gasteiger partial charge >= 0.3 is 0 Å². The molecule has 682 valence electrons. The van der Waals surface area contributed by atoms with Gasteiger partial charge < -0.3 is 129 Å². The number of fused-ring (bicyclic) bond motifs is 1. The number of hydrogen-bond acceptors (Lipinski definition) is 25. The molecule has 4 aromatic carbocycles. The van der Waals surface area contributed by atoms with Crippen LogP contribution in [0.25, 0.3) is 10.9 Å². The Morgan fingerprint density at radius 2 is 0.864 bits per heavy atom. The van der Waals surface area contributed by atoms with E-state index in [4.69, 9.17) is 38.6 Å². The number of carbonyl (C=O) groups is 16. The molecular weight excluding hydrogens is 1660 g/mol. The Labute approximate surface area is 730 Å². The molecule has 2 saturated heterocycles. The highest BCUT2D eigenvalue weighted by Gasteiger charge is 2.40. The SMILES string of the molecule is CC(=O)O.C[C@@H](O)[C@@H]1NC(=O)C(CCCCN)NC(=O)[C@H](Cc2c[nH]c3ccccc23)NC(=O)[C@H](Cc2ccccc2)NC(=O)C(Cc2ccccc2)NC(=O)[C@H](CC(N)=O)NC(=O)C(CCCCN)NC(=O)[C@@H](NC(=O)[C@@H]2CCCN2)CSSC[C@@H](C(=O)N[C@@H](CCCCN)C(N)=O)NC(=O)[C@H](CO)NC(=O)[C@H](CO)NC(=O)C(Cc2ccccc2)NC1=O. The molecule has 2 fully saturated rings. The van der Waals surface area contributed by atoms with Crippen molar-refractivity contribution in [3.8, 4) is 0 Å². The average Bonchev–Trinajstić information content (AvgIpc) is 1.74. The van der Waals surface area contributed by atoms with Crippen LogP contribution in [0.3, 0.4) is 0 Å². The van der Waals surface area contributed by atoms with E-state index in [1.54, 1.807) is 121 Å². The first-order valence-electron chi connectivity index (χ1n) is 41.2. The lowest BCUT2D eigenvalue weighted by atomic mass is 10.00. The summed E-state index contributed by atoms with van der Waals surface area (Å²) < 4.78 is 0. The van der Waals surface area contributed by atoms with Gasteiger partial charge in [0.25, 0.3) is 5.97 Å². The van der Waals surface area contributed by atoms with Crippen LogP contribution >= 0.6 is 21.6 Å². The van der Waals surface area contributed by atoms with Crippen LogP contribution in [0.15, 0.2) is 121 Å². The van der Waals surface area contributed by atoms with Gasteiger partial charge in [-0.05, 0) is 132 Å². The van der Waals surface area contributed by atoms with Gasteiger partial charge in [-0.1, -0.05) is 131 Å². The van der Waals surface area contributed by atoms with Crippen molar-refractivity contribution < 1.29 is 97.1 Å². The number of aliphatic hydroxyl groups is 3. The minimum absolute atomic E-state index is 0.00718. The zero-order valence-electron chi connectivity index (χ0n) is 69.7. The number of H-pyrrole nitrogens is 1. The standard InChI is InChI=1S/C81H114N20O18S2.C2H4O2/c1-46(104)67-81(119)96-59(38-49-24-9-4-10-25-49)74(112)97-62(42-102)77(115)98-63(43-103)78(116)100-64(79(117)89-53(68(86)106)28-13-16-32-82)44-120-121-45-65(99-69(107)54-31-19-35-87-54)80(118)91-55(29-14-17-33-83)70(108)95-61(40-66(85)105)76(114)93-57(36-47-20-5-2-6-21-47)72(110)92-58(37-48-22-7-3-8-23-48)73(111)94-60(39-50-41-88-52-27-12-11-26-51(50)52)75(113)90-56(71(109)101-67)30-15-18-34-84;1-2(3)4/h2-12,20-27,41,46,53-65,67,87-88,102-104H,13-19,28-40,42-45,82-84H2,1H3,(H2,85,105)(H2,86,106)(H,89,117)(H,90,113)(H,91,118)(H,92,110)(H,93,114)(H,94,111)(H,95,108)(H,96,119)(H,97,112)(H,98,115)(H,99,107)(H,100,116)(H,101,109);1H3,(H,3,4)/t46-,53+,54+,55?,56?,57?,58+,59?,60+,61+,62+,63+,64+,65+,67+;/m1./s1. The van der Waals surface area contributed by atoms with Crippen LogP contribution in [0.1, 0.15) is 113 Å². The van der Waals surface area contributed by atoms with Gasteiger partial charge in [0.2, 0.25) is 88.6 Å². The molecule has 0 saturated carbocycles. The van der Waals surface area contributed by atoms with Crippen molar-refractivity contribution in [2.24, 2.45) is 28.7 Å². The molecule has 125 heavy (non-hydrogen) atoms. The number of aromatic nitrogens is 1. The number of primary amides is 2. The zero-order valence-corrected chi connectivity index (χ0v) is 71.3. The van der Waals surface area contributed by atoms with Crippen molar-refractivity contribution in [2.45, 2.75) is 207 Å². The molecule has 2 aliphatic heterocycles. The van der Waals surface area contributed by atoms with E-state index in [9.17, 15) is 72.9 Å². The first kappa shape index (κ1) is 102. The van der Waals surface area contributed by atoms with Crippen LogP contribution in [-0.2, 0) is 102 Å². The molecule has 0 spiro atoms. The second-order valence-corrected chi connectivity index (χ2v) is 32.7. The lowest BCUT2D eigenvalue weighted by molar-refractivity contribution is -0.137. The van der Waals surface area contributed by atoms with Crippen LogP contribution in [0.4, 0.5) is 0 Å². The monoisotopic (exact) mass is 1780 g/mol. The number of carbonyl (C=O) groups excluding carboxylic acids is 15. The number of aliphatic carboxylic acids is 1. The zero-order chi connectivity index (χ0) is 91.5. The maximum absolute atomic E-state index is 15.4. The van der Waals surface area contributed by atoms with Crippen molar-refractivity contribution in [1.82, 2.24) is 79.4 Å². The van der Waals surface area contributed by atoms with E-state index < -0.39 is 211 Å². The van der Waals surface area contributed by atoms with Gasteiger partial charge in [0.1, 0.15) is 78.5 Å². The van der Waals surface area contributed by atoms with E-state index in [0.29, 0.717) is 78.2 Å². The first-order valence-corrected chi connectivity index (χ1v) is 43.7. The number of unbranched alkanes of at least 4 members (excludes halogenated alkanes) is 3. The van der Waals surface area contributed by atoms with Crippen molar-refractivity contribution in [1.29, 1.82) is 0 Å². The summed E-state index contributed by atoms with van der Waals surface area (Å²) in [5, 5.41) is 77.4. The number of nitrogens with one attached hydrogen (secondary N) is 15. The van der Waals surface area contributed by atoms with Gasteiger partial charge in [-0.25, -0.2) is 0 Å². The summed E-state index contributed by atoms with van der Waals surface area (Å²) in [5.41, 5.74) is 31.6. The smallest absolute Gasteiger partial charge is 0.300 e. The average molecular weight is 1780 g/mol. The lowest BCUT2D eigenvalue weighted by Gasteiger charge is -2.29. The number of nitrogens with two attached hydrogens (primary N) is 5. The Hall–Kier alpha value is -11.6. The highest BCUT2D eigenvalue weighted by molar-refractivity contribution is 8.76. The molecule has 29 N–H and O–H groups in total. The Kier molecular flexibility index (Phi) is 44.3. The molecule has 0 aliphatic carbocycles. The molecule has 5 aromatic rings. The molecule has 15 atom stereocenters. The molecule has 0 radical (unpaired) electrons. The third kappa shape index (κ3) is 35.1. The number of aliphatic hydroxyl groups excluding tert-OH is 3. The number of hydrogen-bond donors (Lipinski definition) is 24. The molecular formula is C83H118N20O20S2. The molecule has 1 aromatic heterocycles. The molecule has 15 amide bonds. The summed E-state index contributed by atoms with van der Waals surface area (Å²) in [6.07, 6.45) is 0.273. The summed E-state index contributed by atoms with van der Waals surface area (Å²) in [6.45, 7) is 0.837. The summed E-state index contributed by atoms with van der Waals surface area (Å²) in [5.74, 6) is -17.2. The van der Waals surface area contributed by atoms with Crippen molar-refractivity contribution in [2.75, 3.05) is 50.9 Å². The fraction of sp³-hybridized carbons (Fsp3) is 0.494. The Balaban J connectivity index is 0.00000590. The minimum atomic E-state index is -1.96. The number of para-hydroxylation sites is 1. The van der Waals surface area contributed by atoms with E-state index in [-0.39, 0.29) is 83.2 Å². The largest absolute Gasteiger partial charge is 0.481 e. The van der Waals surface area contributed by atoms with E-state index in [1.807, 2.05) is 0 Å². The topological polar surface area (TPSA) is 668 Å². The van der Waals surface area contributed by atoms with E-state index in [1.165, 1.54) is 0 Å². The predicted molar refractivity (Wildman–Crippen MR) is 464 cm³/mol. The number of benzene rings is 4. The van der Waals surface area contributed by atoms with Crippen LogP contribution in [0.5, 0.6) is 0 Å². The summed E-state index contributed by atoms with van der Waals surface area (Å²) in [4.78, 5) is 230. The number of amides is 15. The predicted octanol–water partition coefficient (Wildman–Crippen LogP) is -4.91. The van der Waals surface area contributed by atoms with Crippen molar-refractivity contribution >= 4 is 127 Å². The number of rotatable bonds is 30. The Morgan fingerprint density at radius 1 is 0.464 bits per heavy atom. The van der Waals surface area contributed by atoms with Crippen molar-refractivity contribution in [3.05, 3.63) is 144 Å². The van der Waals surface area contributed by atoms with E-state index >= 15 is 14.4 Å². The first-order chi connectivity index (χ1) is 59.9. The van der Waals surface area contributed by atoms with E-state index in [2.05, 4.69) is 79.4 Å². The molecule has 42 heteroatoms. The fourth-order valence-corrected chi connectivity index (χ4v) is 15.8. The highest BCUT2D eigenvalue weighted by Crippen LogP contribution is 2.25. The number of aromatic amines is 1. The molecule has 4 unspecified atom stereocenters. The van der Waals surface area contributed by atoms with E-state index in [0.717, 1.165) is 35.4 Å². The number of carboxylic acid groups (broad SMARTS) is 1. The Bertz CT molecular complexity index is 4400. The van der Waals surface area contributed by atoms with Crippen LogP contribution in [0, 0.1) is 0 Å². The third-order valence-corrected chi connectivity index (χ3v) is 22.6. The summed E-state index contributed by atoms with van der Waals surface area (Å²) in [7, 11) is 1.74. The number of carboxylic acids is 1. The highest BCUT2D eigenvalue weighted by atomic mass is 33.1. The van der Waals surface area contributed by atoms with Gasteiger partial charge in [-0.2, -0.15) is 0 Å².